The fraction of sp³-hybridized carbons (Fsp3) is 0.700. The van der Waals surface area contributed by atoms with Crippen molar-refractivity contribution in [3.8, 4) is 0 Å². The molecule has 3 nitrogen and oxygen atoms in total. The summed E-state index contributed by atoms with van der Waals surface area (Å²) in [6.07, 6.45) is 1.74. The summed E-state index contributed by atoms with van der Waals surface area (Å²) in [5, 5.41) is 3.43. The van der Waals surface area contributed by atoms with Gasteiger partial charge in [0.2, 0.25) is 0 Å². The molecule has 0 amide bonds. The van der Waals surface area contributed by atoms with E-state index in [9.17, 15) is 4.21 Å². The molecule has 0 saturated carbocycles. The lowest BCUT2D eigenvalue weighted by atomic mass is 10.2. The molecule has 3 unspecified atom stereocenters. The van der Waals surface area contributed by atoms with Crippen LogP contribution in [0.5, 0.6) is 0 Å². The number of hydrogen-bond donors (Lipinski definition) is 1. The van der Waals surface area contributed by atoms with Crippen LogP contribution in [0.15, 0.2) is 5.51 Å². The van der Waals surface area contributed by atoms with Crippen LogP contribution in [0, 0.1) is 6.92 Å². The third kappa shape index (κ3) is 4.01. The number of thiazole rings is 1. The van der Waals surface area contributed by atoms with E-state index in [1.54, 1.807) is 17.6 Å². The highest BCUT2D eigenvalue weighted by Crippen LogP contribution is 2.21. The van der Waals surface area contributed by atoms with Crippen molar-refractivity contribution < 1.29 is 4.21 Å². The second-order valence-corrected chi connectivity index (χ2v) is 6.20. The Balaban J connectivity index is 2.52. The van der Waals surface area contributed by atoms with Crippen molar-refractivity contribution in [3.63, 3.8) is 0 Å². The molecule has 0 aromatic carbocycles. The van der Waals surface area contributed by atoms with E-state index < -0.39 is 10.8 Å². The average molecular weight is 246 g/mol. The number of rotatable bonds is 5. The van der Waals surface area contributed by atoms with Crippen molar-refractivity contribution in [2.45, 2.75) is 32.9 Å². The van der Waals surface area contributed by atoms with Gasteiger partial charge in [-0.3, -0.25) is 4.21 Å². The van der Waals surface area contributed by atoms with E-state index in [2.05, 4.69) is 24.1 Å². The van der Waals surface area contributed by atoms with Crippen LogP contribution in [0.3, 0.4) is 0 Å². The second-order valence-electron chi connectivity index (χ2n) is 3.83. The van der Waals surface area contributed by atoms with Crippen LogP contribution in [0.4, 0.5) is 0 Å². The molecule has 0 saturated heterocycles. The zero-order valence-electron chi connectivity index (χ0n) is 9.61. The van der Waals surface area contributed by atoms with Gasteiger partial charge < -0.3 is 5.32 Å². The van der Waals surface area contributed by atoms with Gasteiger partial charge in [-0.2, -0.15) is 0 Å². The Kier molecular flexibility index (Phi) is 4.89. The highest BCUT2D eigenvalue weighted by atomic mass is 32.2. The van der Waals surface area contributed by atoms with Crippen molar-refractivity contribution in [2.75, 3.05) is 12.0 Å². The van der Waals surface area contributed by atoms with Crippen LogP contribution < -0.4 is 5.32 Å². The van der Waals surface area contributed by atoms with Crippen molar-refractivity contribution in [1.82, 2.24) is 10.3 Å². The van der Waals surface area contributed by atoms with E-state index in [0.717, 1.165) is 5.69 Å². The van der Waals surface area contributed by atoms with Gasteiger partial charge in [0.25, 0.3) is 0 Å². The first-order valence-corrected chi connectivity index (χ1v) is 7.57. The van der Waals surface area contributed by atoms with Crippen LogP contribution in [0.2, 0.25) is 0 Å². The van der Waals surface area contributed by atoms with Crippen LogP contribution in [-0.4, -0.2) is 27.2 Å². The van der Waals surface area contributed by atoms with Gasteiger partial charge in [0.05, 0.1) is 11.2 Å². The first kappa shape index (κ1) is 12.8. The SMILES string of the molecule is Cc1ncsc1C(C)NC(C)CS(C)=O. The molecule has 0 bridgehead atoms. The van der Waals surface area contributed by atoms with Crippen molar-refractivity contribution in [1.29, 1.82) is 0 Å². The first-order valence-electron chi connectivity index (χ1n) is 4.96. The number of nitrogens with one attached hydrogen (secondary N) is 1. The third-order valence-corrected chi connectivity index (χ3v) is 4.28. The maximum Gasteiger partial charge on any atom is 0.0798 e. The van der Waals surface area contributed by atoms with Gasteiger partial charge in [-0.05, 0) is 20.8 Å². The Morgan fingerprint density at radius 2 is 2.27 bits per heavy atom. The second kappa shape index (κ2) is 5.72. The van der Waals surface area contributed by atoms with Crippen LogP contribution in [-0.2, 0) is 10.8 Å². The minimum atomic E-state index is -0.739. The van der Waals surface area contributed by atoms with E-state index in [4.69, 9.17) is 0 Å². The lowest BCUT2D eigenvalue weighted by Gasteiger charge is -2.18. The topological polar surface area (TPSA) is 42.0 Å². The molecule has 0 aliphatic carbocycles. The zero-order chi connectivity index (χ0) is 11.4. The molecule has 1 aromatic rings. The van der Waals surface area contributed by atoms with E-state index >= 15 is 0 Å². The highest BCUT2D eigenvalue weighted by molar-refractivity contribution is 7.84. The summed E-state index contributed by atoms with van der Waals surface area (Å²) in [4.78, 5) is 5.49. The number of aryl methyl sites for hydroxylation is 1. The summed E-state index contributed by atoms with van der Waals surface area (Å²) < 4.78 is 11.1. The Morgan fingerprint density at radius 3 is 2.73 bits per heavy atom. The van der Waals surface area contributed by atoms with E-state index in [1.165, 1.54) is 4.88 Å². The molecule has 0 radical (unpaired) electrons. The quantitative estimate of drug-likeness (QED) is 0.862. The smallest absolute Gasteiger partial charge is 0.0798 e. The lowest BCUT2D eigenvalue weighted by Crippen LogP contribution is -2.33. The predicted molar refractivity (Wildman–Crippen MR) is 66.8 cm³/mol. The molecule has 3 atom stereocenters. The van der Waals surface area contributed by atoms with Crippen LogP contribution in [0.25, 0.3) is 0 Å². The van der Waals surface area contributed by atoms with Crippen molar-refractivity contribution >= 4 is 22.1 Å². The molecule has 0 fully saturated rings. The van der Waals surface area contributed by atoms with Gasteiger partial charge in [-0.15, -0.1) is 11.3 Å². The summed E-state index contributed by atoms with van der Waals surface area (Å²) in [5.41, 5.74) is 2.95. The van der Waals surface area contributed by atoms with Gasteiger partial charge in [0.15, 0.2) is 0 Å². The van der Waals surface area contributed by atoms with Crippen molar-refractivity contribution in [2.24, 2.45) is 0 Å². The molecule has 1 heterocycles. The molecular weight excluding hydrogens is 228 g/mol. The monoisotopic (exact) mass is 246 g/mol. The summed E-state index contributed by atoms with van der Waals surface area (Å²) >= 11 is 1.67. The van der Waals surface area contributed by atoms with Gasteiger partial charge in [0, 0.05) is 39.8 Å². The molecule has 86 valence electrons. The van der Waals surface area contributed by atoms with E-state index in [-0.39, 0.29) is 12.1 Å². The fourth-order valence-electron chi connectivity index (χ4n) is 1.63. The molecule has 5 heteroatoms. The largest absolute Gasteiger partial charge is 0.306 e. The van der Waals surface area contributed by atoms with Gasteiger partial charge in [-0.25, -0.2) is 4.98 Å². The molecule has 15 heavy (non-hydrogen) atoms. The van der Waals surface area contributed by atoms with Crippen LogP contribution >= 0.6 is 11.3 Å². The summed E-state index contributed by atoms with van der Waals surface area (Å²) in [6, 6.07) is 0.559. The molecule has 1 aromatic heterocycles. The normalized spacial score (nSPS) is 17.3. The molecular formula is C10H18N2OS2. The lowest BCUT2D eigenvalue weighted by molar-refractivity contribution is 0.511. The summed E-state index contributed by atoms with van der Waals surface area (Å²) in [7, 11) is -0.739. The number of aromatic nitrogens is 1. The maximum absolute atomic E-state index is 11.1. The Hall–Kier alpha value is -0.260. The number of hydrogen-bond acceptors (Lipinski definition) is 4. The van der Waals surface area contributed by atoms with Crippen LogP contribution in [0.1, 0.15) is 30.5 Å². The average Bonchev–Trinajstić information content (AvgIpc) is 2.49. The number of nitrogens with zero attached hydrogens (tertiary/aromatic N) is 1. The van der Waals surface area contributed by atoms with E-state index in [0.29, 0.717) is 5.75 Å². The maximum atomic E-state index is 11.1. The standard InChI is InChI=1S/C10H18N2OS2/c1-7(5-15(4)13)12-9(3)10-8(2)11-6-14-10/h6-7,9,12H,5H2,1-4H3. The predicted octanol–water partition coefficient (Wildman–Crippen LogP) is 1.87. The van der Waals surface area contributed by atoms with E-state index in [1.807, 2.05) is 12.4 Å². The minimum Gasteiger partial charge on any atom is -0.306 e. The molecule has 0 aliphatic rings. The Morgan fingerprint density at radius 1 is 1.60 bits per heavy atom. The first-order chi connectivity index (χ1) is 7.00. The van der Waals surface area contributed by atoms with Gasteiger partial charge in [0.1, 0.15) is 0 Å². The third-order valence-electron chi connectivity index (χ3n) is 2.20. The highest BCUT2D eigenvalue weighted by Gasteiger charge is 2.13. The molecule has 0 spiro atoms. The summed E-state index contributed by atoms with van der Waals surface area (Å²) in [6.45, 7) is 6.20. The molecule has 0 aliphatic heterocycles. The molecule has 1 N–H and O–H groups in total. The Labute approximate surface area is 97.8 Å². The Bertz CT molecular complexity index is 338. The minimum absolute atomic E-state index is 0.271. The fourth-order valence-corrected chi connectivity index (χ4v) is 3.25. The molecule has 1 rings (SSSR count). The summed E-state index contributed by atoms with van der Waals surface area (Å²) in [5.74, 6) is 0.697. The van der Waals surface area contributed by atoms with Crippen molar-refractivity contribution in [3.05, 3.63) is 16.1 Å². The van der Waals surface area contributed by atoms with Gasteiger partial charge >= 0.3 is 0 Å². The van der Waals surface area contributed by atoms with Gasteiger partial charge in [-0.1, -0.05) is 0 Å². The zero-order valence-corrected chi connectivity index (χ0v) is 11.2.